The molecule has 1 aliphatic heterocycles. The molecule has 3 aliphatic rings. The highest BCUT2D eigenvalue weighted by Gasteiger charge is 2.62. The van der Waals surface area contributed by atoms with E-state index in [1.807, 2.05) is 42.5 Å². The van der Waals surface area contributed by atoms with E-state index >= 15 is 0 Å². The molecule has 0 radical (unpaired) electrons. The van der Waals surface area contributed by atoms with E-state index in [0.29, 0.717) is 0 Å². The first kappa shape index (κ1) is 15.6. The van der Waals surface area contributed by atoms with Crippen LogP contribution >= 0.6 is 0 Å². The number of imide groups is 1. The zero-order valence-electron chi connectivity index (χ0n) is 15.0. The van der Waals surface area contributed by atoms with Crippen LogP contribution in [-0.4, -0.2) is 11.8 Å². The maximum Gasteiger partial charge on any atom is 0.238 e. The zero-order valence-corrected chi connectivity index (χ0v) is 15.0. The molecular formula is C23H21NO2. The fourth-order valence-electron chi connectivity index (χ4n) is 5.18. The number of carbonyl (C=O) groups excluding carboxylic acids is 2. The Morgan fingerprint density at radius 2 is 1.54 bits per heavy atom. The number of nitrogens with zero attached hydrogens (tertiary/aromatic N) is 1. The summed E-state index contributed by atoms with van der Waals surface area (Å²) in [7, 11) is 0. The first-order chi connectivity index (χ1) is 12.6. The van der Waals surface area contributed by atoms with Gasteiger partial charge in [0.2, 0.25) is 11.8 Å². The summed E-state index contributed by atoms with van der Waals surface area (Å²) in [5.41, 5.74) is 3.38. The SMILES string of the molecule is CCC(C)=C1C2C=CC1C1C(=O)N(c3cccc4ccccc34)C(=O)C21. The summed E-state index contributed by atoms with van der Waals surface area (Å²) in [5, 5.41) is 2.00. The van der Waals surface area contributed by atoms with Crippen LogP contribution in [-0.2, 0) is 9.59 Å². The van der Waals surface area contributed by atoms with Crippen LogP contribution in [0.15, 0.2) is 65.8 Å². The lowest BCUT2D eigenvalue weighted by atomic mass is 9.85. The van der Waals surface area contributed by atoms with Crippen molar-refractivity contribution < 1.29 is 9.59 Å². The van der Waals surface area contributed by atoms with Gasteiger partial charge in [-0.15, -0.1) is 0 Å². The van der Waals surface area contributed by atoms with Crippen molar-refractivity contribution in [3.63, 3.8) is 0 Å². The number of carbonyl (C=O) groups is 2. The molecule has 2 aliphatic carbocycles. The molecule has 26 heavy (non-hydrogen) atoms. The predicted octanol–water partition coefficient (Wildman–Crippen LogP) is 4.49. The van der Waals surface area contributed by atoms with Crippen molar-refractivity contribution in [2.45, 2.75) is 20.3 Å². The number of hydrogen-bond acceptors (Lipinski definition) is 2. The van der Waals surface area contributed by atoms with Crippen molar-refractivity contribution in [1.29, 1.82) is 0 Å². The highest BCUT2D eigenvalue weighted by atomic mass is 16.2. The van der Waals surface area contributed by atoms with E-state index in [9.17, 15) is 9.59 Å². The second-order valence-corrected chi connectivity index (χ2v) is 7.59. The van der Waals surface area contributed by atoms with Crippen molar-refractivity contribution in [3.05, 3.63) is 65.8 Å². The van der Waals surface area contributed by atoms with E-state index in [2.05, 4.69) is 26.0 Å². The maximum absolute atomic E-state index is 13.3. The van der Waals surface area contributed by atoms with Gasteiger partial charge in [0.25, 0.3) is 0 Å². The third-order valence-electron chi connectivity index (χ3n) is 6.45. The Balaban J connectivity index is 1.63. The Kier molecular flexibility index (Phi) is 3.24. The van der Waals surface area contributed by atoms with Gasteiger partial charge in [-0.3, -0.25) is 9.59 Å². The number of fused-ring (bicyclic) bond motifs is 6. The van der Waals surface area contributed by atoms with Crippen molar-refractivity contribution in [2.24, 2.45) is 23.7 Å². The average Bonchev–Trinajstić information content (AvgIpc) is 3.31. The summed E-state index contributed by atoms with van der Waals surface area (Å²) in [5.74, 6) is -0.326. The number of rotatable bonds is 2. The van der Waals surface area contributed by atoms with E-state index in [1.54, 1.807) is 0 Å². The number of hydrogen-bond donors (Lipinski definition) is 0. The molecule has 4 atom stereocenters. The minimum atomic E-state index is -0.229. The van der Waals surface area contributed by atoms with E-state index in [-0.39, 0.29) is 35.5 Å². The highest BCUT2D eigenvalue weighted by molar-refractivity contribution is 6.26. The van der Waals surface area contributed by atoms with Gasteiger partial charge in [0.15, 0.2) is 0 Å². The molecule has 1 saturated heterocycles. The van der Waals surface area contributed by atoms with Crippen LogP contribution in [0.5, 0.6) is 0 Å². The minimum absolute atomic E-state index is 0.0328. The minimum Gasteiger partial charge on any atom is -0.274 e. The molecule has 0 N–H and O–H groups in total. The summed E-state index contributed by atoms with van der Waals surface area (Å²) in [6.07, 6.45) is 5.27. The van der Waals surface area contributed by atoms with Gasteiger partial charge in [0.05, 0.1) is 17.5 Å². The average molecular weight is 343 g/mol. The molecule has 1 heterocycles. The Morgan fingerprint density at radius 3 is 2.19 bits per heavy atom. The molecule has 2 amide bonds. The van der Waals surface area contributed by atoms with Gasteiger partial charge in [-0.25, -0.2) is 4.90 Å². The van der Waals surface area contributed by atoms with Crippen LogP contribution in [0, 0.1) is 23.7 Å². The van der Waals surface area contributed by atoms with Gasteiger partial charge in [0, 0.05) is 17.2 Å². The molecule has 1 saturated carbocycles. The first-order valence-corrected chi connectivity index (χ1v) is 9.37. The van der Waals surface area contributed by atoms with Gasteiger partial charge in [0.1, 0.15) is 0 Å². The summed E-state index contributed by atoms with van der Waals surface area (Å²) in [6, 6.07) is 13.8. The second kappa shape index (κ2) is 5.41. The lowest BCUT2D eigenvalue weighted by Crippen LogP contribution is -2.33. The molecule has 2 fully saturated rings. The van der Waals surface area contributed by atoms with Gasteiger partial charge in [-0.2, -0.15) is 0 Å². The van der Waals surface area contributed by atoms with Crippen LogP contribution < -0.4 is 4.90 Å². The van der Waals surface area contributed by atoms with Crippen LogP contribution in [0.1, 0.15) is 20.3 Å². The molecule has 4 unspecified atom stereocenters. The third kappa shape index (κ3) is 1.83. The van der Waals surface area contributed by atoms with Crippen LogP contribution in [0.4, 0.5) is 5.69 Å². The fourth-order valence-corrected chi connectivity index (χ4v) is 5.18. The Labute approximate surface area is 153 Å². The molecule has 0 aromatic heterocycles. The molecule has 2 aromatic carbocycles. The van der Waals surface area contributed by atoms with Crippen molar-refractivity contribution in [3.8, 4) is 0 Å². The smallest absolute Gasteiger partial charge is 0.238 e. The summed E-state index contributed by atoms with van der Waals surface area (Å²) in [4.78, 5) is 28.1. The van der Waals surface area contributed by atoms with Crippen LogP contribution in [0.3, 0.4) is 0 Å². The molecular weight excluding hydrogens is 322 g/mol. The van der Waals surface area contributed by atoms with E-state index in [1.165, 1.54) is 16.0 Å². The molecule has 2 aromatic rings. The standard InChI is InChI=1S/C23H21NO2/c1-3-13(2)19-16-11-12-17(19)21-20(16)22(25)24(23(21)26)18-10-6-8-14-7-4-5-9-15(14)18/h4-12,16-17,20-21H,3H2,1-2H3. The maximum atomic E-state index is 13.3. The molecule has 5 rings (SSSR count). The number of amides is 2. The number of anilines is 1. The molecule has 3 heteroatoms. The molecule has 3 nitrogen and oxygen atoms in total. The largest absolute Gasteiger partial charge is 0.274 e. The van der Waals surface area contributed by atoms with Gasteiger partial charge in [-0.05, 0) is 24.8 Å². The number of benzene rings is 2. The van der Waals surface area contributed by atoms with E-state index < -0.39 is 0 Å². The zero-order chi connectivity index (χ0) is 18.0. The third-order valence-corrected chi connectivity index (χ3v) is 6.45. The summed E-state index contributed by atoms with van der Waals surface area (Å²) in [6.45, 7) is 4.28. The summed E-state index contributed by atoms with van der Waals surface area (Å²) < 4.78 is 0. The number of allylic oxidation sites excluding steroid dienone is 4. The van der Waals surface area contributed by atoms with Crippen LogP contribution in [0.2, 0.25) is 0 Å². The van der Waals surface area contributed by atoms with Crippen molar-refractivity contribution in [2.75, 3.05) is 4.90 Å². The summed E-state index contributed by atoms with van der Waals surface area (Å²) >= 11 is 0. The van der Waals surface area contributed by atoms with Crippen molar-refractivity contribution >= 4 is 28.3 Å². The van der Waals surface area contributed by atoms with E-state index in [0.717, 1.165) is 22.9 Å². The van der Waals surface area contributed by atoms with Gasteiger partial charge < -0.3 is 0 Å². The molecule has 2 bridgehead atoms. The Bertz CT molecular complexity index is 977. The lowest BCUT2D eigenvalue weighted by molar-refractivity contribution is -0.122. The first-order valence-electron chi connectivity index (χ1n) is 9.37. The molecule has 0 spiro atoms. The lowest BCUT2D eigenvalue weighted by Gasteiger charge is -2.21. The molecule has 130 valence electrons. The second-order valence-electron chi connectivity index (χ2n) is 7.59. The van der Waals surface area contributed by atoms with Gasteiger partial charge in [-0.1, -0.05) is 66.6 Å². The predicted molar refractivity (Wildman–Crippen MR) is 103 cm³/mol. The highest BCUT2D eigenvalue weighted by Crippen LogP contribution is 2.57. The quantitative estimate of drug-likeness (QED) is 0.595. The van der Waals surface area contributed by atoms with Crippen molar-refractivity contribution in [1.82, 2.24) is 0 Å². The monoisotopic (exact) mass is 343 g/mol. The normalized spacial score (nSPS) is 29.2. The van der Waals surface area contributed by atoms with E-state index in [4.69, 9.17) is 0 Å². The fraction of sp³-hybridized carbons (Fsp3) is 0.304. The van der Waals surface area contributed by atoms with Crippen LogP contribution in [0.25, 0.3) is 10.8 Å². The topological polar surface area (TPSA) is 37.4 Å². The van der Waals surface area contributed by atoms with Gasteiger partial charge >= 0.3 is 0 Å². The Morgan fingerprint density at radius 1 is 0.923 bits per heavy atom. The Hall–Kier alpha value is -2.68.